The van der Waals surface area contributed by atoms with Gasteiger partial charge in [0.2, 0.25) is 0 Å². The van der Waals surface area contributed by atoms with Crippen LogP contribution in [0.1, 0.15) is 6.92 Å². The molecule has 3 rings (SSSR count). The highest BCUT2D eigenvalue weighted by Gasteiger charge is 2.29. The minimum Gasteiger partial charge on any atom is -0.491 e. The highest BCUT2D eigenvalue weighted by molar-refractivity contribution is 6.32. The molecule has 0 aliphatic carbocycles. The third-order valence-electron chi connectivity index (χ3n) is 4.12. The molecule has 0 saturated carbocycles. The van der Waals surface area contributed by atoms with Crippen LogP contribution < -0.4 is 9.47 Å². The van der Waals surface area contributed by atoms with E-state index in [4.69, 9.17) is 25.8 Å². The van der Waals surface area contributed by atoms with Gasteiger partial charge in [0.05, 0.1) is 18.2 Å². The lowest BCUT2D eigenvalue weighted by Gasteiger charge is -2.34. The number of nitrogens with zero attached hydrogens (tertiary/aromatic N) is 1. The summed E-state index contributed by atoms with van der Waals surface area (Å²) in [5, 5.41) is 0.489. The maximum absolute atomic E-state index is 12.7. The van der Waals surface area contributed by atoms with Crippen LogP contribution in [0.15, 0.2) is 54.6 Å². The molecule has 0 aromatic heterocycles. The summed E-state index contributed by atoms with van der Waals surface area (Å²) in [6.45, 7) is 3.62. The monoisotopic (exact) mass is 375 g/mol. The number of ether oxygens (including phenoxy) is 3. The summed E-state index contributed by atoms with van der Waals surface area (Å²) >= 11 is 6.09. The summed E-state index contributed by atoms with van der Waals surface area (Å²) in [6.07, 6.45) is -0.788. The van der Waals surface area contributed by atoms with E-state index >= 15 is 0 Å². The van der Waals surface area contributed by atoms with Crippen molar-refractivity contribution in [3.63, 3.8) is 0 Å². The first-order chi connectivity index (χ1) is 12.6. The molecule has 0 spiro atoms. The molecule has 1 heterocycles. The van der Waals surface area contributed by atoms with E-state index in [1.54, 1.807) is 24.0 Å². The zero-order chi connectivity index (χ0) is 18.4. The molecule has 0 radical (unpaired) electrons. The Hall–Kier alpha value is -2.24. The lowest BCUT2D eigenvalue weighted by Crippen LogP contribution is -2.51. The third kappa shape index (κ3) is 4.90. The van der Waals surface area contributed by atoms with Gasteiger partial charge >= 0.3 is 0 Å². The molecule has 1 amide bonds. The summed E-state index contributed by atoms with van der Waals surface area (Å²) in [5.74, 6) is 1.21. The number of para-hydroxylation sites is 2. The molecule has 1 aliphatic rings. The Bertz CT molecular complexity index is 725. The third-order valence-corrected chi connectivity index (χ3v) is 4.43. The average Bonchev–Trinajstić information content (AvgIpc) is 2.68. The number of benzene rings is 2. The fourth-order valence-electron chi connectivity index (χ4n) is 2.76. The van der Waals surface area contributed by atoms with Crippen molar-refractivity contribution in [3.8, 4) is 11.5 Å². The van der Waals surface area contributed by atoms with Crippen LogP contribution >= 0.6 is 11.6 Å². The molecule has 0 unspecified atom stereocenters. The number of halogens is 1. The SMILES string of the molecule is C[C@@H](Oc1ccccc1Cl)C(=O)N1CCO[C@@H](COc2ccccc2)C1. The van der Waals surface area contributed by atoms with Gasteiger partial charge in [-0.15, -0.1) is 0 Å². The van der Waals surface area contributed by atoms with Gasteiger partial charge in [0, 0.05) is 6.54 Å². The second-order valence-corrected chi connectivity index (χ2v) is 6.50. The Labute approximate surface area is 158 Å². The Balaban J connectivity index is 1.53. The summed E-state index contributed by atoms with van der Waals surface area (Å²) in [6, 6.07) is 16.7. The number of morpholine rings is 1. The highest BCUT2D eigenvalue weighted by Crippen LogP contribution is 2.24. The summed E-state index contributed by atoms with van der Waals surface area (Å²) in [4.78, 5) is 14.4. The molecule has 0 bridgehead atoms. The number of carbonyl (C=O) groups excluding carboxylic acids is 1. The average molecular weight is 376 g/mol. The van der Waals surface area contributed by atoms with Gasteiger partial charge in [-0.3, -0.25) is 4.79 Å². The summed E-state index contributed by atoms with van der Waals surface area (Å²) in [7, 11) is 0. The molecular formula is C20H22ClNO4. The van der Waals surface area contributed by atoms with Crippen LogP contribution in [-0.2, 0) is 9.53 Å². The number of carbonyl (C=O) groups is 1. The van der Waals surface area contributed by atoms with Gasteiger partial charge in [0.1, 0.15) is 24.2 Å². The van der Waals surface area contributed by atoms with Crippen molar-refractivity contribution < 1.29 is 19.0 Å². The van der Waals surface area contributed by atoms with E-state index in [1.165, 1.54) is 0 Å². The van der Waals surface area contributed by atoms with Crippen LogP contribution in [0.25, 0.3) is 0 Å². The molecule has 5 nitrogen and oxygen atoms in total. The van der Waals surface area contributed by atoms with Crippen LogP contribution in [0.5, 0.6) is 11.5 Å². The Morgan fingerprint density at radius 1 is 1.23 bits per heavy atom. The predicted octanol–water partition coefficient (Wildman–Crippen LogP) is 3.41. The Kier molecular flexibility index (Phi) is 6.36. The van der Waals surface area contributed by atoms with Crippen LogP contribution in [0.2, 0.25) is 5.02 Å². The van der Waals surface area contributed by atoms with Crippen LogP contribution in [0, 0.1) is 0 Å². The van der Waals surface area contributed by atoms with E-state index in [1.807, 2.05) is 42.5 Å². The number of hydrogen-bond donors (Lipinski definition) is 0. The van der Waals surface area contributed by atoms with Crippen LogP contribution in [-0.4, -0.2) is 49.3 Å². The zero-order valence-corrected chi connectivity index (χ0v) is 15.4. The molecule has 0 N–H and O–H groups in total. The van der Waals surface area contributed by atoms with Crippen LogP contribution in [0.3, 0.4) is 0 Å². The molecule has 26 heavy (non-hydrogen) atoms. The Morgan fingerprint density at radius 3 is 2.73 bits per heavy atom. The lowest BCUT2D eigenvalue weighted by atomic mass is 10.2. The molecular weight excluding hydrogens is 354 g/mol. The van der Waals surface area contributed by atoms with Gasteiger partial charge in [0.25, 0.3) is 5.91 Å². The highest BCUT2D eigenvalue weighted by atomic mass is 35.5. The van der Waals surface area contributed by atoms with Crippen molar-refractivity contribution in [2.45, 2.75) is 19.1 Å². The van der Waals surface area contributed by atoms with E-state index in [2.05, 4.69) is 0 Å². The molecule has 2 aromatic carbocycles. The van der Waals surface area contributed by atoms with Gasteiger partial charge in [-0.1, -0.05) is 41.9 Å². The van der Waals surface area contributed by atoms with Gasteiger partial charge in [-0.25, -0.2) is 0 Å². The van der Waals surface area contributed by atoms with Gasteiger partial charge < -0.3 is 19.1 Å². The maximum atomic E-state index is 12.7. The summed E-state index contributed by atoms with van der Waals surface area (Å²) in [5.41, 5.74) is 0. The van der Waals surface area contributed by atoms with Crippen LogP contribution in [0.4, 0.5) is 0 Å². The van der Waals surface area contributed by atoms with Crippen molar-refractivity contribution in [2.75, 3.05) is 26.3 Å². The number of hydrogen-bond acceptors (Lipinski definition) is 4. The van der Waals surface area contributed by atoms with E-state index in [-0.39, 0.29) is 12.0 Å². The topological polar surface area (TPSA) is 48.0 Å². The summed E-state index contributed by atoms with van der Waals surface area (Å²) < 4.78 is 17.2. The predicted molar refractivity (Wildman–Crippen MR) is 99.8 cm³/mol. The first-order valence-electron chi connectivity index (χ1n) is 8.63. The fourth-order valence-corrected chi connectivity index (χ4v) is 2.94. The smallest absolute Gasteiger partial charge is 0.263 e. The second kappa shape index (κ2) is 8.92. The van der Waals surface area contributed by atoms with Crippen molar-refractivity contribution >= 4 is 17.5 Å². The van der Waals surface area contributed by atoms with E-state index in [9.17, 15) is 4.79 Å². The van der Waals surface area contributed by atoms with E-state index in [0.29, 0.717) is 37.1 Å². The molecule has 1 aliphatic heterocycles. The van der Waals surface area contributed by atoms with Gasteiger partial charge in [-0.05, 0) is 31.2 Å². The van der Waals surface area contributed by atoms with Crippen molar-refractivity contribution in [1.29, 1.82) is 0 Å². The first kappa shape index (κ1) is 18.5. The van der Waals surface area contributed by atoms with Gasteiger partial charge in [-0.2, -0.15) is 0 Å². The lowest BCUT2D eigenvalue weighted by molar-refractivity contribution is -0.146. The van der Waals surface area contributed by atoms with Gasteiger partial charge in [0.15, 0.2) is 6.10 Å². The standard InChI is InChI=1S/C20H22ClNO4/c1-15(26-19-10-6-5-9-18(19)21)20(23)22-11-12-24-17(13-22)14-25-16-7-3-2-4-8-16/h2-10,15,17H,11-14H2,1H3/t15-,17-/m1/s1. The Morgan fingerprint density at radius 2 is 1.96 bits per heavy atom. The molecule has 6 heteroatoms. The normalized spacial score (nSPS) is 18.2. The number of amides is 1. The second-order valence-electron chi connectivity index (χ2n) is 6.09. The molecule has 2 atom stereocenters. The fraction of sp³-hybridized carbons (Fsp3) is 0.350. The van der Waals surface area contributed by atoms with Crippen molar-refractivity contribution in [2.24, 2.45) is 0 Å². The molecule has 1 fully saturated rings. The van der Waals surface area contributed by atoms with E-state index in [0.717, 1.165) is 5.75 Å². The largest absolute Gasteiger partial charge is 0.491 e. The first-order valence-corrected chi connectivity index (χ1v) is 9.00. The quantitative estimate of drug-likeness (QED) is 0.776. The molecule has 2 aromatic rings. The minimum absolute atomic E-state index is 0.0852. The number of rotatable bonds is 6. The maximum Gasteiger partial charge on any atom is 0.263 e. The molecule has 138 valence electrons. The zero-order valence-electron chi connectivity index (χ0n) is 14.6. The van der Waals surface area contributed by atoms with Crippen molar-refractivity contribution in [1.82, 2.24) is 4.90 Å². The molecule has 1 saturated heterocycles. The minimum atomic E-state index is -0.622. The van der Waals surface area contributed by atoms with E-state index < -0.39 is 6.10 Å². The van der Waals surface area contributed by atoms with Crippen molar-refractivity contribution in [3.05, 3.63) is 59.6 Å².